The van der Waals surface area contributed by atoms with Gasteiger partial charge in [0.05, 0.1) is 0 Å². The van der Waals surface area contributed by atoms with Gasteiger partial charge in [-0.15, -0.1) is 30.0 Å². The predicted molar refractivity (Wildman–Crippen MR) is 95.2 cm³/mol. The number of hydrogen-bond acceptors (Lipinski definition) is 12. The van der Waals surface area contributed by atoms with E-state index in [2.05, 4.69) is 13.8 Å². The minimum Gasteiger partial charge on any atom is 2.00 e. The zero-order valence-electron chi connectivity index (χ0n) is 16.6. The molecule has 0 rings (SSSR count). The summed E-state index contributed by atoms with van der Waals surface area (Å²) in [7, 11) is 0. The van der Waals surface area contributed by atoms with E-state index in [1.165, 1.54) is 0 Å². The van der Waals surface area contributed by atoms with Gasteiger partial charge in [-0.1, -0.05) is 7.43 Å². The molecule has 0 heterocycles. The third-order valence-corrected chi connectivity index (χ3v) is 0.266. The molecule has 22 nitrogen and oxygen atoms in total. The van der Waals surface area contributed by atoms with Gasteiger partial charge in [0.15, 0.2) is 12.6 Å². The molecule has 0 aromatic carbocycles. The number of Topliss-reactive ketones (excluding diaryl/α,β-unsaturated/α-hetero) is 1. The number of hydrogen-bond donors (Lipinski definition) is 2. The number of aldehydes is 2. The summed E-state index contributed by atoms with van der Waals surface area (Å²) < 4.78 is 8.38. The molecule has 0 spiro atoms. The van der Waals surface area contributed by atoms with Crippen molar-refractivity contribution in [2.45, 2.75) is 21.3 Å². The van der Waals surface area contributed by atoms with Crippen molar-refractivity contribution in [1.82, 2.24) is 0 Å². The number of nitrogens with zero attached hydrogens (tertiary/aromatic N) is 4. The second-order valence-electron chi connectivity index (χ2n) is 1.36. The van der Waals surface area contributed by atoms with E-state index in [1.54, 1.807) is 24.4 Å². The summed E-state index contributed by atoms with van der Waals surface area (Å²) in [6.45, 7) is 10.0. The van der Waals surface area contributed by atoms with Crippen molar-refractivity contribution < 1.29 is 108 Å². The van der Waals surface area contributed by atoms with Crippen LogP contribution in [-0.4, -0.2) is 67.0 Å². The first-order chi connectivity index (χ1) is 12.6. The van der Waals surface area contributed by atoms with E-state index < -0.39 is 16.0 Å². The molecular weight excluding hydrogens is 583 g/mol. The van der Waals surface area contributed by atoms with Crippen LogP contribution in [0, 0.1) is 43.9 Å². The van der Waals surface area contributed by atoms with Crippen molar-refractivity contribution in [3.05, 3.63) is 43.9 Å². The fourth-order valence-corrected chi connectivity index (χ4v) is 0.0278. The first-order valence-electron chi connectivity index (χ1n) is 5.06. The molecular formula is C9H26N4O18Zn2. The van der Waals surface area contributed by atoms with Crippen LogP contribution < -0.4 is 0 Å². The van der Waals surface area contributed by atoms with Gasteiger partial charge in [-0.2, -0.15) is 23.4 Å². The molecule has 0 aliphatic carbocycles. The van der Waals surface area contributed by atoms with Gasteiger partial charge < -0.3 is 46.2 Å². The van der Waals surface area contributed by atoms with E-state index in [0.29, 0.717) is 0 Å². The second-order valence-corrected chi connectivity index (χ2v) is 1.36. The molecule has 0 radical (unpaired) electrons. The maximum Gasteiger partial charge on any atom is 2.00 e. The average Bonchev–Trinajstić information content (AvgIpc) is 2.66. The molecule has 0 aliphatic heterocycles. The van der Waals surface area contributed by atoms with Gasteiger partial charge in [0.2, 0.25) is 0 Å². The van der Waals surface area contributed by atoms with Gasteiger partial charge in [-0.05, 0) is 0 Å². The van der Waals surface area contributed by atoms with Gasteiger partial charge in [0, 0.05) is 0 Å². The molecule has 194 valence electrons. The molecule has 0 aliphatic rings. The van der Waals surface area contributed by atoms with Crippen LogP contribution in [0.1, 0.15) is 21.3 Å². The largest absolute Gasteiger partial charge is 2.00 e. The molecule has 0 amide bonds. The minimum absolute atomic E-state index is 0. The molecule has 0 atom stereocenters. The molecule has 0 aromatic heterocycles. The van der Waals surface area contributed by atoms with Gasteiger partial charge >= 0.3 is 47.5 Å². The summed E-state index contributed by atoms with van der Waals surface area (Å²) in [5, 5.41) is 30.4. The Morgan fingerprint density at radius 2 is 0.939 bits per heavy atom. The summed E-state index contributed by atoms with van der Waals surface area (Å²) in [6.07, 6.45) is 0.181. The molecule has 10 N–H and O–H groups in total. The topological polar surface area (TPSA) is 414 Å². The molecule has 0 saturated carbocycles. The normalized spacial score (nSPS) is 4.06. The van der Waals surface area contributed by atoms with E-state index >= 15 is 0 Å². The van der Waals surface area contributed by atoms with E-state index in [1.807, 2.05) is 0 Å². The van der Waals surface area contributed by atoms with Crippen LogP contribution >= 0.6 is 0 Å². The first kappa shape index (κ1) is 98.8. The predicted octanol–water partition coefficient (Wildman–Crippen LogP) is -3.00. The molecule has 0 bridgehead atoms. The maximum atomic E-state index is 9.44. The van der Waals surface area contributed by atoms with Crippen LogP contribution in [0.15, 0.2) is 10.6 Å². The van der Waals surface area contributed by atoms with Crippen LogP contribution in [0.3, 0.4) is 0 Å². The summed E-state index contributed by atoms with van der Waals surface area (Å²) >= 11 is 0.125. The Morgan fingerprint density at radius 1 is 0.848 bits per heavy atom. The number of rotatable bonds is 3. The standard InChI is InChI=1S/C3H2O3.2C2H5.CO2.CH4.N2O2.2HNO3.4H2O.O.2Zn/c4-1-3(6)2-5;2*1-2;2-1-3;;3-1-2-4;2*2-1(3)4;;;;;;;/h1-2H;2*1H2,2H3;;1H4;;2*(H,2,3,4);4*1H2;;;/q;2*-1;;;;;;;;;;;;+2. The average molecular weight is 609 g/mol. The van der Waals surface area contributed by atoms with Crippen LogP contribution in [0.5, 0.6) is 0 Å². The zero-order valence-corrected chi connectivity index (χ0v) is 22.5. The minimum atomic E-state index is -1.50. The molecule has 0 saturated heterocycles. The quantitative estimate of drug-likeness (QED) is 0.0471. The van der Waals surface area contributed by atoms with Crippen LogP contribution in [0.4, 0.5) is 0 Å². The van der Waals surface area contributed by atoms with E-state index in [9.17, 15) is 4.79 Å². The Hall–Kier alpha value is -3.12. The monoisotopic (exact) mass is 606 g/mol. The number of nitroso groups, excluding NO2 is 2. The summed E-state index contributed by atoms with van der Waals surface area (Å²) in [4.78, 5) is 77.6. The smallest absolute Gasteiger partial charge is 2.00 e. The Labute approximate surface area is 208 Å². The van der Waals surface area contributed by atoms with Crippen LogP contribution in [0.2, 0.25) is 0 Å². The molecule has 0 unspecified atom stereocenters. The van der Waals surface area contributed by atoms with Crippen LogP contribution in [-0.2, 0) is 65.3 Å². The van der Waals surface area contributed by atoms with Gasteiger partial charge in [0.1, 0.15) is 10.6 Å². The Kier molecular flexibility index (Phi) is 568. The zero-order chi connectivity index (χ0) is 24.3. The summed E-state index contributed by atoms with van der Waals surface area (Å²) in [6, 6.07) is 0. The van der Waals surface area contributed by atoms with Gasteiger partial charge in [0.25, 0.3) is 16.0 Å². The van der Waals surface area contributed by atoms with E-state index in [-0.39, 0.29) is 85.8 Å². The van der Waals surface area contributed by atoms with Gasteiger partial charge in [-0.25, -0.2) is 0 Å². The van der Waals surface area contributed by atoms with Crippen molar-refractivity contribution in [2.75, 3.05) is 0 Å². The fourth-order valence-electron chi connectivity index (χ4n) is 0.0278. The molecule has 33 heavy (non-hydrogen) atoms. The second kappa shape index (κ2) is 190. The summed E-state index contributed by atoms with van der Waals surface area (Å²) in [5.74, 6) is -1.02. The SMILES string of the molecule is C.O.O.O.O.O=C=O.O=CC(=O)C=O.O=NN=O.O=[N+]([O-])O.O=[N+]([O-])O.[CH2-]C.[CH2-]C.[O]=[Zn].[Zn+2]. The summed E-state index contributed by atoms with van der Waals surface area (Å²) in [5.41, 5.74) is 0. The number of carbonyl (C=O) groups is 3. The Balaban J connectivity index is -0.0000000104. The Morgan fingerprint density at radius 3 is 0.939 bits per heavy atom. The van der Waals surface area contributed by atoms with Crippen molar-refractivity contribution >= 4 is 24.5 Å². The molecule has 0 aromatic rings. The van der Waals surface area contributed by atoms with Crippen molar-refractivity contribution in [2.24, 2.45) is 10.6 Å². The third-order valence-electron chi connectivity index (χ3n) is 0.266. The Bertz CT molecular complexity index is 372. The fraction of sp³-hybridized carbons (Fsp3) is 0.333. The van der Waals surface area contributed by atoms with Crippen molar-refractivity contribution in [3.8, 4) is 0 Å². The molecule has 0 fully saturated rings. The van der Waals surface area contributed by atoms with Crippen molar-refractivity contribution in [1.29, 1.82) is 0 Å². The van der Waals surface area contributed by atoms with Crippen molar-refractivity contribution in [3.63, 3.8) is 0 Å². The third kappa shape index (κ3) is 5920. The maximum absolute atomic E-state index is 9.44. The first-order valence-corrected chi connectivity index (χ1v) is 6.27. The van der Waals surface area contributed by atoms with E-state index in [0.717, 1.165) is 0 Å². The van der Waals surface area contributed by atoms with Crippen LogP contribution in [0.25, 0.3) is 0 Å². The van der Waals surface area contributed by atoms with Gasteiger partial charge in [-0.3, -0.25) is 14.4 Å². The number of ketones is 1. The molecule has 24 heteroatoms. The van der Waals surface area contributed by atoms with E-state index in [4.69, 9.17) is 63.2 Å². The number of carbonyl (C=O) groups excluding carboxylic acids is 5.